The fourth-order valence-electron chi connectivity index (χ4n) is 2.30. The van der Waals surface area contributed by atoms with Gasteiger partial charge in [-0.25, -0.2) is 4.79 Å². The van der Waals surface area contributed by atoms with Crippen molar-refractivity contribution < 1.29 is 19.1 Å². The van der Waals surface area contributed by atoms with E-state index >= 15 is 0 Å². The molecule has 2 rings (SSSR count). The summed E-state index contributed by atoms with van der Waals surface area (Å²) in [6, 6.07) is 5.36. The molecule has 1 saturated heterocycles. The molecular formula is C15H20N2O4. The molecule has 3 amide bonds. The largest absolute Gasteiger partial charge is 0.493 e. The van der Waals surface area contributed by atoms with Crippen LogP contribution < -0.4 is 14.8 Å². The predicted molar refractivity (Wildman–Crippen MR) is 77.5 cm³/mol. The van der Waals surface area contributed by atoms with Crippen molar-refractivity contribution in [2.45, 2.75) is 13.3 Å². The van der Waals surface area contributed by atoms with Crippen LogP contribution in [0.1, 0.15) is 12.5 Å². The number of benzene rings is 1. The van der Waals surface area contributed by atoms with Crippen LogP contribution in [0.15, 0.2) is 18.2 Å². The number of amides is 3. The van der Waals surface area contributed by atoms with Gasteiger partial charge in [0.15, 0.2) is 11.5 Å². The number of nitrogens with zero attached hydrogens (tertiary/aromatic N) is 1. The van der Waals surface area contributed by atoms with E-state index in [-0.39, 0.29) is 17.9 Å². The number of nitrogens with one attached hydrogen (secondary N) is 1. The van der Waals surface area contributed by atoms with E-state index in [0.717, 1.165) is 5.56 Å². The van der Waals surface area contributed by atoms with E-state index in [0.29, 0.717) is 31.0 Å². The second-order valence-corrected chi connectivity index (χ2v) is 5.08. The summed E-state index contributed by atoms with van der Waals surface area (Å²) < 4.78 is 10.4. The zero-order valence-electron chi connectivity index (χ0n) is 12.5. The number of carbonyl (C=O) groups excluding carboxylic acids is 2. The molecule has 1 fully saturated rings. The minimum Gasteiger partial charge on any atom is -0.493 e. The molecule has 1 heterocycles. The van der Waals surface area contributed by atoms with E-state index in [4.69, 9.17) is 9.47 Å². The standard InChI is InChI=1S/C15H20N2O4/c1-10-9-17(15(19)16-14(10)18)7-6-11-4-5-12(20-2)13(8-11)21-3/h4-5,8,10H,6-7,9H2,1-3H3,(H,16,18,19). The minimum atomic E-state index is -0.321. The highest BCUT2D eigenvalue weighted by atomic mass is 16.5. The molecular weight excluding hydrogens is 272 g/mol. The van der Waals surface area contributed by atoms with Crippen LogP contribution in [-0.2, 0) is 11.2 Å². The first-order valence-corrected chi connectivity index (χ1v) is 6.85. The fourth-order valence-corrected chi connectivity index (χ4v) is 2.30. The van der Waals surface area contributed by atoms with Gasteiger partial charge in [-0.2, -0.15) is 0 Å². The summed E-state index contributed by atoms with van der Waals surface area (Å²) in [4.78, 5) is 24.8. The Kier molecular flexibility index (Phi) is 4.67. The van der Waals surface area contributed by atoms with Crippen LogP contribution in [0.3, 0.4) is 0 Å². The number of methoxy groups -OCH3 is 2. The Balaban J connectivity index is 1.99. The van der Waals surface area contributed by atoms with Gasteiger partial charge in [0, 0.05) is 13.1 Å². The first kappa shape index (κ1) is 15.2. The lowest BCUT2D eigenvalue weighted by Gasteiger charge is -2.30. The molecule has 1 aliphatic rings. The van der Waals surface area contributed by atoms with Crippen LogP contribution in [0.4, 0.5) is 4.79 Å². The van der Waals surface area contributed by atoms with Gasteiger partial charge in [-0.05, 0) is 24.1 Å². The van der Waals surface area contributed by atoms with Crippen molar-refractivity contribution >= 4 is 11.9 Å². The molecule has 1 aromatic carbocycles. The van der Waals surface area contributed by atoms with E-state index in [1.807, 2.05) is 25.1 Å². The van der Waals surface area contributed by atoms with Crippen molar-refractivity contribution in [3.63, 3.8) is 0 Å². The topological polar surface area (TPSA) is 67.9 Å². The van der Waals surface area contributed by atoms with Crippen molar-refractivity contribution in [3.8, 4) is 11.5 Å². The van der Waals surface area contributed by atoms with Crippen LogP contribution in [0.2, 0.25) is 0 Å². The Morgan fingerprint density at radius 2 is 1.95 bits per heavy atom. The third-order valence-electron chi connectivity index (χ3n) is 3.58. The SMILES string of the molecule is COc1ccc(CCN2CC(C)C(=O)NC2=O)cc1OC. The predicted octanol–water partition coefficient (Wildman–Crippen LogP) is 1.43. The number of urea groups is 1. The van der Waals surface area contributed by atoms with Gasteiger partial charge in [-0.15, -0.1) is 0 Å². The first-order chi connectivity index (χ1) is 10.0. The Morgan fingerprint density at radius 1 is 1.24 bits per heavy atom. The molecule has 0 aliphatic carbocycles. The second-order valence-electron chi connectivity index (χ2n) is 5.08. The fraction of sp³-hybridized carbons (Fsp3) is 0.467. The Morgan fingerprint density at radius 3 is 2.62 bits per heavy atom. The smallest absolute Gasteiger partial charge is 0.324 e. The van der Waals surface area contributed by atoms with Gasteiger partial charge in [0.1, 0.15) is 0 Å². The van der Waals surface area contributed by atoms with Crippen molar-refractivity contribution in [2.75, 3.05) is 27.3 Å². The van der Waals surface area contributed by atoms with Crippen LogP contribution in [0.25, 0.3) is 0 Å². The molecule has 1 aliphatic heterocycles. The molecule has 1 atom stereocenters. The average molecular weight is 292 g/mol. The summed E-state index contributed by atoms with van der Waals surface area (Å²) in [5, 5.41) is 2.36. The van der Waals surface area contributed by atoms with Gasteiger partial charge in [0.25, 0.3) is 0 Å². The zero-order chi connectivity index (χ0) is 15.4. The molecule has 6 heteroatoms. The highest BCUT2D eigenvalue weighted by Gasteiger charge is 2.28. The van der Waals surface area contributed by atoms with Crippen molar-refractivity contribution in [1.82, 2.24) is 10.2 Å². The maximum absolute atomic E-state index is 11.7. The molecule has 1 N–H and O–H groups in total. The maximum atomic E-state index is 11.7. The third-order valence-corrected chi connectivity index (χ3v) is 3.58. The number of imide groups is 1. The Bertz CT molecular complexity index is 544. The zero-order valence-corrected chi connectivity index (χ0v) is 12.5. The molecule has 114 valence electrons. The molecule has 1 aromatic rings. The van der Waals surface area contributed by atoms with Gasteiger partial charge >= 0.3 is 6.03 Å². The number of hydrogen-bond acceptors (Lipinski definition) is 4. The van der Waals surface area contributed by atoms with Crippen LogP contribution in [0, 0.1) is 5.92 Å². The lowest BCUT2D eigenvalue weighted by Crippen LogP contribution is -2.54. The average Bonchev–Trinajstić information content (AvgIpc) is 2.49. The van der Waals surface area contributed by atoms with Gasteiger partial charge in [0.2, 0.25) is 5.91 Å². The lowest BCUT2D eigenvalue weighted by molar-refractivity contribution is -0.125. The van der Waals surface area contributed by atoms with Crippen LogP contribution in [0.5, 0.6) is 11.5 Å². The van der Waals surface area contributed by atoms with Gasteiger partial charge in [-0.3, -0.25) is 10.1 Å². The minimum absolute atomic E-state index is 0.173. The molecule has 0 spiro atoms. The van der Waals surface area contributed by atoms with E-state index in [9.17, 15) is 9.59 Å². The molecule has 0 radical (unpaired) electrons. The van der Waals surface area contributed by atoms with Crippen LogP contribution in [-0.4, -0.2) is 44.1 Å². The third kappa shape index (κ3) is 3.45. The Labute approximate surface area is 124 Å². The number of hydrogen-bond donors (Lipinski definition) is 1. The maximum Gasteiger partial charge on any atom is 0.324 e. The molecule has 0 bridgehead atoms. The highest BCUT2D eigenvalue weighted by Crippen LogP contribution is 2.27. The number of rotatable bonds is 5. The van der Waals surface area contributed by atoms with Gasteiger partial charge in [-0.1, -0.05) is 13.0 Å². The number of carbonyl (C=O) groups is 2. The van der Waals surface area contributed by atoms with Gasteiger partial charge in [0.05, 0.1) is 20.1 Å². The Hall–Kier alpha value is -2.24. The lowest BCUT2D eigenvalue weighted by atomic mass is 10.1. The molecule has 0 saturated carbocycles. The van der Waals surface area contributed by atoms with Crippen molar-refractivity contribution in [3.05, 3.63) is 23.8 Å². The summed E-state index contributed by atoms with van der Waals surface area (Å²) in [5.74, 6) is 0.966. The quantitative estimate of drug-likeness (QED) is 0.891. The molecule has 21 heavy (non-hydrogen) atoms. The summed E-state index contributed by atoms with van der Waals surface area (Å²) in [6.45, 7) is 2.82. The normalized spacial score (nSPS) is 18.4. The summed E-state index contributed by atoms with van der Waals surface area (Å²) in [5.41, 5.74) is 1.05. The molecule has 0 aromatic heterocycles. The van der Waals surface area contributed by atoms with Crippen molar-refractivity contribution in [1.29, 1.82) is 0 Å². The highest BCUT2D eigenvalue weighted by molar-refractivity contribution is 5.97. The molecule has 1 unspecified atom stereocenters. The van der Waals surface area contributed by atoms with E-state index < -0.39 is 0 Å². The van der Waals surface area contributed by atoms with E-state index in [2.05, 4.69) is 5.32 Å². The van der Waals surface area contributed by atoms with Crippen molar-refractivity contribution in [2.24, 2.45) is 5.92 Å². The molecule has 6 nitrogen and oxygen atoms in total. The first-order valence-electron chi connectivity index (χ1n) is 6.85. The van der Waals surface area contributed by atoms with E-state index in [1.165, 1.54) is 0 Å². The second kappa shape index (κ2) is 6.47. The monoisotopic (exact) mass is 292 g/mol. The van der Waals surface area contributed by atoms with Crippen LogP contribution >= 0.6 is 0 Å². The van der Waals surface area contributed by atoms with Gasteiger partial charge < -0.3 is 14.4 Å². The summed E-state index contributed by atoms with van der Waals surface area (Å²) in [6.07, 6.45) is 0.689. The number of ether oxygens (including phenoxy) is 2. The summed E-state index contributed by atoms with van der Waals surface area (Å²) >= 11 is 0. The summed E-state index contributed by atoms with van der Waals surface area (Å²) in [7, 11) is 3.18. The van der Waals surface area contributed by atoms with E-state index in [1.54, 1.807) is 19.1 Å².